The normalized spacial score (nSPS) is 12.3. The van der Waals surface area contributed by atoms with Crippen LogP contribution in [-0.2, 0) is 4.79 Å². The van der Waals surface area contributed by atoms with Crippen LogP contribution in [0.2, 0.25) is 0 Å². The zero-order valence-corrected chi connectivity index (χ0v) is 10.1. The summed E-state index contributed by atoms with van der Waals surface area (Å²) in [5.74, 6) is 0.423. The van der Waals surface area contributed by atoms with Gasteiger partial charge in [-0.2, -0.15) is 0 Å². The number of rotatable bonds is 4. The summed E-state index contributed by atoms with van der Waals surface area (Å²) in [7, 11) is 0. The predicted octanol–water partition coefficient (Wildman–Crippen LogP) is 1.11. The Hall–Kier alpha value is -1.65. The van der Waals surface area contributed by atoms with Gasteiger partial charge < -0.3 is 10.6 Å². The monoisotopic (exact) mass is 222 g/mol. The van der Waals surface area contributed by atoms with E-state index < -0.39 is 0 Å². The lowest BCUT2D eigenvalue weighted by Gasteiger charge is -2.15. The van der Waals surface area contributed by atoms with Crippen LogP contribution >= 0.6 is 0 Å². The van der Waals surface area contributed by atoms with Gasteiger partial charge in [-0.1, -0.05) is 0 Å². The molecular formula is C11H18N4O. The van der Waals surface area contributed by atoms with Gasteiger partial charge in [0.05, 0.1) is 0 Å². The molecule has 5 nitrogen and oxygen atoms in total. The van der Waals surface area contributed by atoms with Crippen molar-refractivity contribution in [1.29, 1.82) is 0 Å². The Morgan fingerprint density at radius 3 is 2.62 bits per heavy atom. The quantitative estimate of drug-likeness (QED) is 0.801. The van der Waals surface area contributed by atoms with Crippen LogP contribution in [0.25, 0.3) is 0 Å². The van der Waals surface area contributed by atoms with Crippen molar-refractivity contribution in [2.24, 2.45) is 0 Å². The zero-order chi connectivity index (χ0) is 12.1. The van der Waals surface area contributed by atoms with Gasteiger partial charge in [0.25, 0.3) is 0 Å². The molecule has 0 radical (unpaired) electrons. The van der Waals surface area contributed by atoms with E-state index in [0.29, 0.717) is 5.95 Å². The Labute approximate surface area is 95.7 Å². The summed E-state index contributed by atoms with van der Waals surface area (Å²) in [6.45, 7) is 7.51. The Morgan fingerprint density at radius 2 is 2.06 bits per heavy atom. The molecule has 0 bridgehead atoms. The topological polar surface area (TPSA) is 66.9 Å². The third-order valence-electron chi connectivity index (χ3n) is 1.96. The lowest BCUT2D eigenvalue weighted by molar-refractivity contribution is -0.122. The van der Waals surface area contributed by atoms with Crippen LogP contribution in [0, 0.1) is 6.92 Å². The number of hydrogen-bond acceptors (Lipinski definition) is 4. The van der Waals surface area contributed by atoms with Crippen molar-refractivity contribution < 1.29 is 4.79 Å². The predicted molar refractivity (Wildman–Crippen MR) is 63.1 cm³/mol. The molecule has 0 aliphatic heterocycles. The molecule has 0 saturated heterocycles. The summed E-state index contributed by atoms with van der Waals surface area (Å²) < 4.78 is 0. The molecule has 0 saturated carbocycles. The van der Waals surface area contributed by atoms with E-state index in [2.05, 4.69) is 20.6 Å². The smallest absolute Gasteiger partial charge is 0.242 e. The van der Waals surface area contributed by atoms with Crippen LogP contribution < -0.4 is 10.6 Å². The van der Waals surface area contributed by atoms with Crippen LogP contribution in [0.1, 0.15) is 26.5 Å². The number of aromatic nitrogens is 2. The van der Waals surface area contributed by atoms with Crippen LogP contribution in [0.3, 0.4) is 0 Å². The van der Waals surface area contributed by atoms with E-state index in [9.17, 15) is 4.79 Å². The van der Waals surface area contributed by atoms with E-state index in [1.165, 1.54) is 0 Å². The molecule has 2 N–H and O–H groups in total. The lowest BCUT2D eigenvalue weighted by Crippen LogP contribution is -2.41. The highest BCUT2D eigenvalue weighted by molar-refractivity contribution is 5.83. The van der Waals surface area contributed by atoms with Gasteiger partial charge in [-0.05, 0) is 33.8 Å². The van der Waals surface area contributed by atoms with E-state index in [4.69, 9.17) is 0 Å². The van der Waals surface area contributed by atoms with Crippen molar-refractivity contribution >= 4 is 11.9 Å². The molecular weight excluding hydrogens is 204 g/mol. The second-order valence-corrected chi connectivity index (χ2v) is 4.05. The molecule has 1 aromatic heterocycles. The van der Waals surface area contributed by atoms with Crippen molar-refractivity contribution in [3.05, 3.63) is 18.0 Å². The number of nitrogens with one attached hydrogen (secondary N) is 2. The van der Waals surface area contributed by atoms with Gasteiger partial charge in [-0.15, -0.1) is 0 Å². The van der Waals surface area contributed by atoms with E-state index in [1.54, 1.807) is 13.1 Å². The first-order chi connectivity index (χ1) is 7.49. The van der Waals surface area contributed by atoms with E-state index in [1.807, 2.05) is 26.8 Å². The van der Waals surface area contributed by atoms with Gasteiger partial charge in [0.1, 0.15) is 6.04 Å². The first kappa shape index (κ1) is 12.4. The van der Waals surface area contributed by atoms with Gasteiger partial charge >= 0.3 is 0 Å². The standard InChI is InChI=1S/C11H18N4O/c1-7(2)13-10(16)9(4)15-11-12-6-5-8(3)14-11/h5-7,9H,1-4H3,(H,13,16)(H,12,14,15). The van der Waals surface area contributed by atoms with E-state index >= 15 is 0 Å². The molecule has 0 aliphatic rings. The van der Waals surface area contributed by atoms with Crippen LogP contribution in [-0.4, -0.2) is 28.0 Å². The highest BCUT2D eigenvalue weighted by Crippen LogP contribution is 2.01. The Morgan fingerprint density at radius 1 is 1.38 bits per heavy atom. The molecule has 1 aromatic rings. The van der Waals surface area contributed by atoms with Gasteiger partial charge in [0.2, 0.25) is 11.9 Å². The summed E-state index contributed by atoms with van der Waals surface area (Å²) >= 11 is 0. The summed E-state index contributed by atoms with van der Waals surface area (Å²) in [4.78, 5) is 19.8. The molecule has 0 aliphatic carbocycles. The van der Waals surface area contributed by atoms with Gasteiger partial charge in [0.15, 0.2) is 0 Å². The number of nitrogens with zero attached hydrogens (tertiary/aromatic N) is 2. The average Bonchev–Trinajstić information content (AvgIpc) is 2.16. The van der Waals surface area contributed by atoms with Crippen LogP contribution in [0.5, 0.6) is 0 Å². The summed E-state index contributed by atoms with van der Waals surface area (Å²) in [5.41, 5.74) is 0.869. The Balaban J connectivity index is 2.57. The summed E-state index contributed by atoms with van der Waals surface area (Å²) in [5, 5.41) is 5.77. The Kier molecular flexibility index (Phi) is 4.22. The number of hydrogen-bond donors (Lipinski definition) is 2. The molecule has 1 heterocycles. The number of carbonyl (C=O) groups is 1. The fraction of sp³-hybridized carbons (Fsp3) is 0.545. The maximum absolute atomic E-state index is 11.6. The first-order valence-electron chi connectivity index (χ1n) is 5.35. The second kappa shape index (κ2) is 5.44. The van der Waals surface area contributed by atoms with E-state index in [0.717, 1.165) is 5.69 Å². The molecule has 1 unspecified atom stereocenters. The molecule has 1 rings (SSSR count). The number of aryl methyl sites for hydroxylation is 1. The molecule has 1 amide bonds. The van der Waals surface area contributed by atoms with Crippen molar-refractivity contribution in [3.63, 3.8) is 0 Å². The Bertz CT molecular complexity index is 365. The second-order valence-electron chi connectivity index (χ2n) is 4.05. The maximum Gasteiger partial charge on any atom is 0.242 e. The third kappa shape index (κ3) is 3.84. The largest absolute Gasteiger partial charge is 0.352 e. The molecule has 0 spiro atoms. The number of amides is 1. The minimum atomic E-state index is -0.343. The van der Waals surface area contributed by atoms with Crippen LogP contribution in [0.15, 0.2) is 12.3 Å². The van der Waals surface area contributed by atoms with Gasteiger partial charge in [-0.3, -0.25) is 4.79 Å². The van der Waals surface area contributed by atoms with Crippen molar-refractivity contribution in [2.45, 2.75) is 39.8 Å². The molecule has 0 fully saturated rings. The molecule has 5 heteroatoms. The average molecular weight is 222 g/mol. The van der Waals surface area contributed by atoms with E-state index in [-0.39, 0.29) is 18.0 Å². The number of carbonyl (C=O) groups excluding carboxylic acids is 1. The first-order valence-corrected chi connectivity index (χ1v) is 5.35. The maximum atomic E-state index is 11.6. The highest BCUT2D eigenvalue weighted by atomic mass is 16.2. The molecule has 16 heavy (non-hydrogen) atoms. The van der Waals surface area contributed by atoms with Crippen molar-refractivity contribution in [1.82, 2.24) is 15.3 Å². The molecule has 0 aromatic carbocycles. The zero-order valence-electron chi connectivity index (χ0n) is 10.1. The minimum Gasteiger partial charge on any atom is -0.352 e. The van der Waals surface area contributed by atoms with Gasteiger partial charge in [0, 0.05) is 17.9 Å². The third-order valence-corrected chi connectivity index (χ3v) is 1.96. The highest BCUT2D eigenvalue weighted by Gasteiger charge is 2.14. The summed E-state index contributed by atoms with van der Waals surface area (Å²) in [6, 6.07) is 1.60. The molecule has 88 valence electrons. The van der Waals surface area contributed by atoms with Crippen molar-refractivity contribution in [3.8, 4) is 0 Å². The lowest BCUT2D eigenvalue weighted by atomic mass is 10.3. The van der Waals surface area contributed by atoms with Gasteiger partial charge in [-0.25, -0.2) is 9.97 Å². The fourth-order valence-corrected chi connectivity index (χ4v) is 1.19. The minimum absolute atomic E-state index is 0.0555. The van der Waals surface area contributed by atoms with Crippen molar-refractivity contribution in [2.75, 3.05) is 5.32 Å². The van der Waals surface area contributed by atoms with Crippen LogP contribution in [0.4, 0.5) is 5.95 Å². The number of anilines is 1. The molecule has 1 atom stereocenters. The SMILES string of the molecule is Cc1ccnc(NC(C)C(=O)NC(C)C)n1. The summed E-state index contributed by atoms with van der Waals surface area (Å²) in [6.07, 6.45) is 1.66. The fourth-order valence-electron chi connectivity index (χ4n) is 1.19.